The number of hydrogen-bond donors (Lipinski definition) is 2. The fourth-order valence-electron chi connectivity index (χ4n) is 3.49. The van der Waals surface area contributed by atoms with E-state index in [9.17, 15) is 28.1 Å². The van der Waals surface area contributed by atoms with Gasteiger partial charge in [-0.2, -0.15) is 4.31 Å². The Labute approximate surface area is 191 Å². The van der Waals surface area contributed by atoms with Gasteiger partial charge in [-0.15, -0.1) is 0 Å². The molecule has 2 N–H and O–H groups in total. The van der Waals surface area contributed by atoms with Gasteiger partial charge in [-0.3, -0.25) is 24.6 Å². The van der Waals surface area contributed by atoms with Crippen LogP contribution in [-0.4, -0.2) is 99.7 Å². The molecule has 14 heteroatoms. The number of morpholine rings is 1. The van der Waals surface area contributed by atoms with E-state index in [2.05, 4.69) is 15.5 Å². The maximum atomic E-state index is 12.9. The van der Waals surface area contributed by atoms with E-state index in [-0.39, 0.29) is 30.3 Å². The molecule has 2 amide bonds. The monoisotopic (exact) mass is 485 g/mol. The number of rotatable bonds is 9. The van der Waals surface area contributed by atoms with Crippen LogP contribution in [-0.2, 0) is 29.1 Å². The SMILES string of the molecule is O=C(NCCCN1CCOCC1)C(=O)NC[C@@H]1OCCN1S(=O)(=O)c1ccc([N+](=O)[O-])cc1. The van der Waals surface area contributed by atoms with Gasteiger partial charge >= 0.3 is 11.8 Å². The summed E-state index contributed by atoms with van der Waals surface area (Å²) in [6.07, 6.45) is -0.310. The molecule has 2 heterocycles. The van der Waals surface area contributed by atoms with Crippen molar-refractivity contribution in [2.75, 3.05) is 59.1 Å². The van der Waals surface area contributed by atoms with E-state index < -0.39 is 33.0 Å². The minimum atomic E-state index is -4.01. The predicted octanol–water partition coefficient (Wildman–Crippen LogP) is -1.10. The second-order valence-electron chi connectivity index (χ2n) is 7.47. The van der Waals surface area contributed by atoms with Crippen LogP contribution in [0.3, 0.4) is 0 Å². The second-order valence-corrected chi connectivity index (χ2v) is 9.36. The molecule has 33 heavy (non-hydrogen) atoms. The Bertz CT molecular complexity index is 949. The first-order chi connectivity index (χ1) is 15.8. The van der Waals surface area contributed by atoms with Crippen LogP contribution in [0.5, 0.6) is 0 Å². The third kappa shape index (κ3) is 6.68. The summed E-state index contributed by atoms with van der Waals surface area (Å²) >= 11 is 0. The van der Waals surface area contributed by atoms with E-state index >= 15 is 0 Å². The second kappa shape index (κ2) is 11.5. The average Bonchev–Trinajstić information content (AvgIpc) is 3.30. The first-order valence-corrected chi connectivity index (χ1v) is 12.0. The van der Waals surface area contributed by atoms with Crippen molar-refractivity contribution in [2.45, 2.75) is 17.5 Å². The number of hydrogen-bond acceptors (Lipinski definition) is 9. The van der Waals surface area contributed by atoms with Crippen molar-refractivity contribution in [3.8, 4) is 0 Å². The molecule has 2 aliphatic heterocycles. The van der Waals surface area contributed by atoms with Crippen molar-refractivity contribution >= 4 is 27.5 Å². The fraction of sp³-hybridized carbons (Fsp3) is 0.579. The quantitative estimate of drug-likeness (QED) is 0.191. The average molecular weight is 486 g/mol. The largest absolute Gasteiger partial charge is 0.379 e. The number of carbonyl (C=O) groups is 2. The summed E-state index contributed by atoms with van der Waals surface area (Å²) in [6.45, 7) is 4.13. The van der Waals surface area contributed by atoms with E-state index in [4.69, 9.17) is 9.47 Å². The molecule has 1 aromatic carbocycles. The summed E-state index contributed by atoms with van der Waals surface area (Å²) < 4.78 is 37.5. The maximum Gasteiger partial charge on any atom is 0.309 e. The number of benzene rings is 1. The maximum absolute atomic E-state index is 12.9. The lowest BCUT2D eigenvalue weighted by Crippen LogP contribution is -2.47. The Morgan fingerprint density at radius 2 is 1.73 bits per heavy atom. The highest BCUT2D eigenvalue weighted by atomic mass is 32.2. The number of nitrogens with zero attached hydrogens (tertiary/aromatic N) is 3. The van der Waals surface area contributed by atoms with Gasteiger partial charge in [0.25, 0.3) is 5.69 Å². The molecule has 0 bridgehead atoms. The number of nitro groups is 1. The van der Waals surface area contributed by atoms with Crippen LogP contribution in [0.2, 0.25) is 0 Å². The molecule has 3 rings (SSSR count). The van der Waals surface area contributed by atoms with Crippen LogP contribution < -0.4 is 10.6 Å². The van der Waals surface area contributed by atoms with Gasteiger partial charge in [-0.25, -0.2) is 8.42 Å². The van der Waals surface area contributed by atoms with Gasteiger partial charge in [-0.05, 0) is 25.1 Å². The standard InChI is InChI=1S/C19H27N5O8S/c25-18(20-6-1-7-22-8-11-31-12-9-22)19(26)21-14-17-23(10-13-32-17)33(29,30)16-4-2-15(3-5-16)24(27)28/h2-5,17H,1,6-14H2,(H,20,25)(H,21,26)/t17-/m0/s1. The molecule has 0 aromatic heterocycles. The Kier molecular flexibility index (Phi) is 8.68. The van der Waals surface area contributed by atoms with Crippen LogP contribution in [0.1, 0.15) is 6.42 Å². The number of sulfonamides is 1. The summed E-state index contributed by atoms with van der Waals surface area (Å²) in [5.41, 5.74) is -0.230. The molecular weight excluding hydrogens is 458 g/mol. The molecule has 182 valence electrons. The molecule has 1 aromatic rings. The van der Waals surface area contributed by atoms with E-state index in [1.165, 1.54) is 0 Å². The van der Waals surface area contributed by atoms with E-state index in [0.29, 0.717) is 26.2 Å². The molecule has 0 spiro atoms. The van der Waals surface area contributed by atoms with Gasteiger partial charge in [0.1, 0.15) is 6.23 Å². The Morgan fingerprint density at radius 3 is 2.39 bits per heavy atom. The molecule has 2 saturated heterocycles. The van der Waals surface area contributed by atoms with Gasteiger partial charge in [0.2, 0.25) is 10.0 Å². The van der Waals surface area contributed by atoms with Gasteiger partial charge in [-0.1, -0.05) is 0 Å². The van der Waals surface area contributed by atoms with Crippen molar-refractivity contribution in [2.24, 2.45) is 0 Å². The molecule has 0 aliphatic carbocycles. The lowest BCUT2D eigenvalue weighted by Gasteiger charge is -2.26. The normalized spacial score (nSPS) is 19.8. The van der Waals surface area contributed by atoms with Gasteiger partial charge < -0.3 is 20.1 Å². The zero-order valence-corrected chi connectivity index (χ0v) is 18.8. The molecule has 0 radical (unpaired) electrons. The summed E-state index contributed by atoms with van der Waals surface area (Å²) in [4.78, 5) is 36.3. The molecule has 1 atom stereocenters. The van der Waals surface area contributed by atoms with Crippen molar-refractivity contribution in [1.82, 2.24) is 19.8 Å². The van der Waals surface area contributed by atoms with Crippen molar-refractivity contribution < 1.29 is 32.4 Å². The summed E-state index contributed by atoms with van der Waals surface area (Å²) in [6, 6.07) is 4.49. The van der Waals surface area contributed by atoms with Crippen molar-refractivity contribution in [3.05, 3.63) is 34.4 Å². The topological polar surface area (TPSA) is 160 Å². The Hall–Kier alpha value is -2.65. The van der Waals surface area contributed by atoms with E-state index in [1.807, 2.05) is 0 Å². The number of carbonyl (C=O) groups excluding carboxylic acids is 2. The fourth-order valence-corrected chi connectivity index (χ4v) is 5.00. The van der Waals surface area contributed by atoms with E-state index in [0.717, 1.165) is 48.2 Å². The van der Waals surface area contributed by atoms with Crippen LogP contribution in [0.25, 0.3) is 0 Å². The van der Waals surface area contributed by atoms with Crippen LogP contribution in [0, 0.1) is 10.1 Å². The zero-order valence-electron chi connectivity index (χ0n) is 18.0. The van der Waals surface area contributed by atoms with Crippen LogP contribution >= 0.6 is 0 Å². The van der Waals surface area contributed by atoms with E-state index in [1.54, 1.807) is 0 Å². The lowest BCUT2D eigenvalue weighted by atomic mass is 10.3. The van der Waals surface area contributed by atoms with Crippen molar-refractivity contribution in [3.63, 3.8) is 0 Å². The molecule has 0 unspecified atom stereocenters. The summed E-state index contributed by atoms with van der Waals surface area (Å²) in [5, 5.41) is 15.7. The number of non-ortho nitro benzene ring substituents is 1. The van der Waals surface area contributed by atoms with Gasteiger partial charge in [0, 0.05) is 38.3 Å². The minimum Gasteiger partial charge on any atom is -0.379 e. The number of nitro benzene ring substituents is 1. The molecule has 2 fully saturated rings. The molecule has 0 saturated carbocycles. The Morgan fingerprint density at radius 1 is 1.06 bits per heavy atom. The number of amides is 2. The first kappa shape index (κ1) is 25.0. The third-order valence-electron chi connectivity index (χ3n) is 5.28. The zero-order chi connectivity index (χ0) is 23.8. The highest BCUT2D eigenvalue weighted by Gasteiger charge is 2.37. The number of nitrogens with one attached hydrogen (secondary N) is 2. The highest BCUT2D eigenvalue weighted by Crippen LogP contribution is 2.24. The minimum absolute atomic E-state index is 0.0492. The summed E-state index contributed by atoms with van der Waals surface area (Å²) in [7, 11) is -4.01. The number of ether oxygens (including phenoxy) is 2. The Balaban J connectivity index is 1.45. The van der Waals surface area contributed by atoms with Crippen molar-refractivity contribution in [1.29, 1.82) is 0 Å². The third-order valence-corrected chi connectivity index (χ3v) is 7.18. The van der Waals surface area contributed by atoms with Crippen LogP contribution in [0.4, 0.5) is 5.69 Å². The molecule has 13 nitrogen and oxygen atoms in total. The highest BCUT2D eigenvalue weighted by molar-refractivity contribution is 7.89. The van der Waals surface area contributed by atoms with Gasteiger partial charge in [0.15, 0.2) is 0 Å². The first-order valence-electron chi connectivity index (χ1n) is 10.5. The van der Waals surface area contributed by atoms with Gasteiger partial charge in [0.05, 0.1) is 36.2 Å². The molecular formula is C19H27N5O8S. The summed E-state index contributed by atoms with van der Waals surface area (Å²) in [5.74, 6) is -1.69. The molecule has 2 aliphatic rings. The lowest BCUT2D eigenvalue weighted by molar-refractivity contribution is -0.384. The smallest absolute Gasteiger partial charge is 0.309 e. The van der Waals surface area contributed by atoms with Crippen LogP contribution in [0.15, 0.2) is 29.2 Å². The predicted molar refractivity (Wildman–Crippen MR) is 115 cm³/mol.